The van der Waals surface area contributed by atoms with Crippen LogP contribution in [0.5, 0.6) is 0 Å². The molecule has 2 N–H and O–H groups in total. The molecular weight excluding hydrogens is 270 g/mol. The lowest BCUT2D eigenvalue weighted by Gasteiger charge is -2.16. The van der Waals surface area contributed by atoms with Crippen molar-refractivity contribution >= 4 is 0 Å². The van der Waals surface area contributed by atoms with Crippen LogP contribution in [0.15, 0.2) is 48.5 Å². The molecule has 0 aromatic heterocycles. The van der Waals surface area contributed by atoms with Gasteiger partial charge in [0.15, 0.2) is 0 Å². The van der Waals surface area contributed by atoms with E-state index >= 15 is 0 Å². The standard InChI is InChI=1S/C17H18F2N2/c18-14-6-7-16(19)13(8-14)9-21-10-15(17(20)11-21)12-4-2-1-3-5-12/h1-8,15,17H,9-11,20H2/t15-,17+/m0/s1. The second kappa shape index (κ2) is 5.92. The van der Waals surface area contributed by atoms with Gasteiger partial charge in [0.1, 0.15) is 11.6 Å². The molecule has 0 aliphatic carbocycles. The van der Waals surface area contributed by atoms with Crippen molar-refractivity contribution in [3.8, 4) is 0 Å². The highest BCUT2D eigenvalue weighted by Crippen LogP contribution is 2.27. The van der Waals surface area contributed by atoms with Gasteiger partial charge in [0.05, 0.1) is 0 Å². The van der Waals surface area contributed by atoms with E-state index in [0.29, 0.717) is 18.7 Å². The topological polar surface area (TPSA) is 29.3 Å². The van der Waals surface area contributed by atoms with Crippen LogP contribution in [0.4, 0.5) is 8.78 Å². The summed E-state index contributed by atoms with van der Waals surface area (Å²) in [6.45, 7) is 1.84. The number of hydrogen-bond acceptors (Lipinski definition) is 2. The molecular formula is C17H18F2N2. The highest BCUT2D eigenvalue weighted by Gasteiger charge is 2.31. The highest BCUT2D eigenvalue weighted by molar-refractivity contribution is 5.24. The van der Waals surface area contributed by atoms with Crippen LogP contribution < -0.4 is 5.73 Å². The van der Waals surface area contributed by atoms with Gasteiger partial charge in [-0.3, -0.25) is 4.90 Å². The molecule has 2 atom stereocenters. The molecule has 1 heterocycles. The predicted octanol–water partition coefficient (Wildman–Crippen LogP) is 2.89. The summed E-state index contributed by atoms with van der Waals surface area (Å²) in [5.41, 5.74) is 7.80. The minimum Gasteiger partial charge on any atom is -0.326 e. The Balaban J connectivity index is 1.73. The fourth-order valence-electron chi connectivity index (χ4n) is 3.00. The largest absolute Gasteiger partial charge is 0.326 e. The molecule has 1 saturated heterocycles. The molecule has 4 heteroatoms. The minimum atomic E-state index is -0.408. The van der Waals surface area contributed by atoms with E-state index < -0.39 is 5.82 Å². The van der Waals surface area contributed by atoms with Crippen LogP contribution >= 0.6 is 0 Å². The monoisotopic (exact) mass is 288 g/mol. The van der Waals surface area contributed by atoms with Crippen molar-refractivity contribution in [1.29, 1.82) is 0 Å². The number of nitrogens with zero attached hydrogens (tertiary/aromatic N) is 1. The maximum atomic E-state index is 13.7. The molecule has 0 amide bonds. The maximum Gasteiger partial charge on any atom is 0.127 e. The summed E-state index contributed by atoms with van der Waals surface area (Å²) in [7, 11) is 0. The molecule has 1 aliphatic heterocycles. The number of halogens is 2. The van der Waals surface area contributed by atoms with E-state index in [1.165, 1.54) is 17.7 Å². The Morgan fingerprint density at radius 1 is 1.05 bits per heavy atom. The van der Waals surface area contributed by atoms with Crippen molar-refractivity contribution in [3.63, 3.8) is 0 Å². The van der Waals surface area contributed by atoms with Crippen molar-refractivity contribution < 1.29 is 8.78 Å². The third-order valence-electron chi connectivity index (χ3n) is 4.07. The summed E-state index contributed by atoms with van der Waals surface area (Å²) >= 11 is 0. The van der Waals surface area contributed by atoms with Gasteiger partial charge in [-0.15, -0.1) is 0 Å². The molecule has 1 fully saturated rings. The maximum absolute atomic E-state index is 13.7. The first-order valence-corrected chi connectivity index (χ1v) is 7.10. The first kappa shape index (κ1) is 14.2. The van der Waals surface area contributed by atoms with Gasteiger partial charge in [-0.2, -0.15) is 0 Å². The lowest BCUT2D eigenvalue weighted by atomic mass is 9.95. The number of nitrogens with two attached hydrogens (primary N) is 1. The SMILES string of the molecule is N[C@@H]1CN(Cc2cc(F)ccc2F)C[C@H]1c1ccccc1. The van der Waals surface area contributed by atoms with Gasteiger partial charge in [-0.05, 0) is 23.8 Å². The molecule has 1 aliphatic rings. The summed E-state index contributed by atoms with van der Waals surface area (Å²) < 4.78 is 26.9. The van der Waals surface area contributed by atoms with E-state index in [2.05, 4.69) is 17.0 Å². The fraction of sp³-hybridized carbons (Fsp3) is 0.294. The Hall–Kier alpha value is -1.78. The third-order valence-corrected chi connectivity index (χ3v) is 4.07. The van der Waals surface area contributed by atoms with Gasteiger partial charge in [0.25, 0.3) is 0 Å². The Bertz CT molecular complexity index is 615. The normalized spacial score (nSPS) is 22.6. The van der Waals surface area contributed by atoms with Crippen LogP contribution in [0.3, 0.4) is 0 Å². The molecule has 2 nitrogen and oxygen atoms in total. The van der Waals surface area contributed by atoms with Crippen molar-refractivity contribution in [3.05, 3.63) is 71.3 Å². The van der Waals surface area contributed by atoms with E-state index in [-0.39, 0.29) is 17.8 Å². The van der Waals surface area contributed by atoms with Gasteiger partial charge in [-0.25, -0.2) is 8.78 Å². The van der Waals surface area contributed by atoms with E-state index in [1.54, 1.807) is 0 Å². The number of hydrogen-bond donors (Lipinski definition) is 1. The molecule has 0 bridgehead atoms. The van der Waals surface area contributed by atoms with Crippen LogP contribution in [0, 0.1) is 11.6 Å². The average molecular weight is 288 g/mol. The van der Waals surface area contributed by atoms with E-state index in [1.807, 2.05) is 18.2 Å². The second-order valence-electron chi connectivity index (χ2n) is 5.61. The van der Waals surface area contributed by atoms with Crippen LogP contribution in [-0.2, 0) is 6.54 Å². The van der Waals surface area contributed by atoms with E-state index in [0.717, 1.165) is 12.6 Å². The van der Waals surface area contributed by atoms with Crippen LogP contribution in [0.25, 0.3) is 0 Å². The predicted molar refractivity (Wildman–Crippen MR) is 78.8 cm³/mol. The van der Waals surface area contributed by atoms with Crippen molar-refractivity contribution in [2.24, 2.45) is 5.73 Å². The van der Waals surface area contributed by atoms with Gasteiger partial charge in [0.2, 0.25) is 0 Å². The summed E-state index contributed by atoms with van der Waals surface area (Å²) in [5, 5.41) is 0. The Kier molecular flexibility index (Phi) is 3.99. The lowest BCUT2D eigenvalue weighted by Crippen LogP contribution is -2.28. The lowest BCUT2D eigenvalue weighted by molar-refractivity contribution is 0.317. The minimum absolute atomic E-state index is 0.0176. The fourth-order valence-corrected chi connectivity index (χ4v) is 3.00. The van der Waals surface area contributed by atoms with E-state index in [9.17, 15) is 8.78 Å². The number of rotatable bonds is 3. The average Bonchev–Trinajstić information content (AvgIpc) is 2.84. The molecule has 21 heavy (non-hydrogen) atoms. The highest BCUT2D eigenvalue weighted by atomic mass is 19.1. The first-order valence-electron chi connectivity index (χ1n) is 7.10. The smallest absolute Gasteiger partial charge is 0.127 e. The first-order chi connectivity index (χ1) is 10.1. The van der Waals surface area contributed by atoms with Gasteiger partial charge in [0, 0.05) is 37.2 Å². The van der Waals surface area contributed by atoms with Gasteiger partial charge >= 0.3 is 0 Å². The number of benzene rings is 2. The van der Waals surface area contributed by atoms with Gasteiger partial charge in [-0.1, -0.05) is 30.3 Å². The zero-order chi connectivity index (χ0) is 14.8. The van der Waals surface area contributed by atoms with Crippen LogP contribution in [0.2, 0.25) is 0 Å². The summed E-state index contributed by atoms with van der Waals surface area (Å²) in [4.78, 5) is 2.08. The molecule has 2 aromatic carbocycles. The molecule has 0 spiro atoms. The number of likely N-dealkylation sites (tertiary alicyclic amines) is 1. The molecule has 110 valence electrons. The summed E-state index contributed by atoms with van der Waals surface area (Å²) in [5.74, 6) is -0.537. The van der Waals surface area contributed by atoms with Crippen molar-refractivity contribution in [2.75, 3.05) is 13.1 Å². The summed E-state index contributed by atoms with van der Waals surface area (Å²) in [6.07, 6.45) is 0. The quantitative estimate of drug-likeness (QED) is 0.941. The van der Waals surface area contributed by atoms with Crippen molar-refractivity contribution in [2.45, 2.75) is 18.5 Å². The van der Waals surface area contributed by atoms with Gasteiger partial charge < -0.3 is 5.73 Å². The summed E-state index contributed by atoms with van der Waals surface area (Å²) in [6, 6.07) is 13.7. The van der Waals surface area contributed by atoms with Crippen LogP contribution in [0.1, 0.15) is 17.0 Å². The molecule has 0 radical (unpaired) electrons. The zero-order valence-corrected chi connectivity index (χ0v) is 11.7. The third kappa shape index (κ3) is 3.12. The molecule has 2 aromatic rings. The Labute approximate surface area is 123 Å². The molecule has 0 unspecified atom stereocenters. The zero-order valence-electron chi connectivity index (χ0n) is 11.7. The second-order valence-corrected chi connectivity index (χ2v) is 5.61. The van der Waals surface area contributed by atoms with E-state index in [4.69, 9.17) is 5.73 Å². The Morgan fingerprint density at radius 2 is 1.81 bits per heavy atom. The molecule has 0 saturated carbocycles. The Morgan fingerprint density at radius 3 is 2.57 bits per heavy atom. The van der Waals surface area contributed by atoms with Crippen LogP contribution in [-0.4, -0.2) is 24.0 Å². The van der Waals surface area contributed by atoms with Crippen molar-refractivity contribution in [1.82, 2.24) is 4.90 Å². The molecule has 3 rings (SSSR count).